The first kappa shape index (κ1) is 21.9. The van der Waals surface area contributed by atoms with E-state index in [-0.39, 0.29) is 11.4 Å². The Hall–Kier alpha value is -2.43. The largest absolute Gasteiger partial charge is 0.489 e. The number of aliphatic imine (C=N–C) groups is 1. The quantitative estimate of drug-likeness (QED) is 0.374. The average Bonchev–Trinajstić information content (AvgIpc) is 3.27. The van der Waals surface area contributed by atoms with Crippen LogP contribution >= 0.6 is 0 Å². The lowest BCUT2D eigenvalue weighted by Gasteiger charge is -2.26. The van der Waals surface area contributed by atoms with Crippen molar-refractivity contribution >= 4 is 11.5 Å². The molecule has 28 heavy (non-hydrogen) atoms. The number of nitrogens with one attached hydrogen (secondary N) is 1. The van der Waals surface area contributed by atoms with Gasteiger partial charge in [-0.05, 0) is 18.6 Å². The number of nitrogens with zero attached hydrogens (tertiary/aromatic N) is 3. The molecule has 2 heterocycles. The highest BCUT2D eigenvalue weighted by Crippen LogP contribution is 2.40. The number of benzene rings is 1. The predicted octanol–water partition coefficient (Wildman–Crippen LogP) is 0.663. The van der Waals surface area contributed by atoms with E-state index in [4.69, 9.17) is 19.3 Å². The van der Waals surface area contributed by atoms with Gasteiger partial charge >= 0.3 is 5.69 Å². The van der Waals surface area contributed by atoms with Gasteiger partial charge in [-0.15, -0.1) is 0 Å². The van der Waals surface area contributed by atoms with Crippen LogP contribution < -0.4 is 14.8 Å². The molecule has 1 aromatic carbocycles. The number of hydrogen-bond acceptors (Lipinski definition) is 9. The molecule has 0 saturated carbocycles. The number of nitro groups is 1. The van der Waals surface area contributed by atoms with Crippen molar-refractivity contribution in [3.05, 3.63) is 27.8 Å². The van der Waals surface area contributed by atoms with E-state index in [1.165, 1.54) is 7.11 Å². The van der Waals surface area contributed by atoms with Gasteiger partial charge in [0.2, 0.25) is 5.75 Å². The minimum absolute atomic E-state index is 0.119. The van der Waals surface area contributed by atoms with Gasteiger partial charge in [0.1, 0.15) is 5.84 Å². The summed E-state index contributed by atoms with van der Waals surface area (Å²) >= 11 is 0. The third-order valence-corrected chi connectivity index (χ3v) is 4.39. The van der Waals surface area contributed by atoms with Gasteiger partial charge in [-0.25, -0.2) is 0 Å². The maximum atomic E-state index is 11.6. The molecule has 2 N–H and O–H groups in total. The predicted molar refractivity (Wildman–Crippen MR) is 105 cm³/mol. The van der Waals surface area contributed by atoms with Crippen LogP contribution in [-0.4, -0.2) is 87.5 Å². The number of aliphatic hydroxyl groups excluding tert-OH is 1. The van der Waals surface area contributed by atoms with Crippen molar-refractivity contribution < 1.29 is 24.2 Å². The first-order valence-corrected chi connectivity index (χ1v) is 9.22. The van der Waals surface area contributed by atoms with Crippen LogP contribution in [0.15, 0.2) is 17.1 Å². The lowest BCUT2D eigenvalue weighted by atomic mass is 10.1. The van der Waals surface area contributed by atoms with Crippen LogP contribution in [0.1, 0.15) is 12.0 Å². The molecule has 10 nitrogen and oxygen atoms in total. The molecule has 1 aromatic rings. The molecule has 3 rings (SSSR count). The van der Waals surface area contributed by atoms with Crippen molar-refractivity contribution in [2.45, 2.75) is 6.42 Å². The number of amidine groups is 1. The number of methoxy groups -OCH3 is 1. The maximum absolute atomic E-state index is 11.6. The van der Waals surface area contributed by atoms with Crippen LogP contribution in [0.3, 0.4) is 0 Å². The Morgan fingerprint density at radius 1 is 1.36 bits per heavy atom. The summed E-state index contributed by atoms with van der Waals surface area (Å²) in [7, 11) is 2.41. The van der Waals surface area contributed by atoms with Crippen LogP contribution in [0.2, 0.25) is 0 Å². The Labute approximate surface area is 164 Å². The van der Waals surface area contributed by atoms with Gasteiger partial charge in [0, 0.05) is 33.3 Å². The molecular weight excluding hydrogens is 368 g/mol. The second-order valence-electron chi connectivity index (χ2n) is 6.06. The first-order valence-electron chi connectivity index (χ1n) is 9.22. The van der Waals surface area contributed by atoms with Crippen LogP contribution in [0.25, 0.3) is 0 Å². The SMILES string of the molecule is CO.COc1c(OCCCN2CCOCC2)ccc(C2=NCCN2)c1[N+](=O)[O-]. The lowest BCUT2D eigenvalue weighted by Crippen LogP contribution is -2.37. The second kappa shape index (κ2) is 11.4. The fourth-order valence-corrected chi connectivity index (χ4v) is 3.11. The molecule has 0 aromatic heterocycles. The average molecular weight is 396 g/mol. The van der Waals surface area contributed by atoms with Gasteiger partial charge in [-0.1, -0.05) is 0 Å². The Morgan fingerprint density at radius 2 is 2.11 bits per heavy atom. The molecule has 0 bridgehead atoms. The highest BCUT2D eigenvalue weighted by atomic mass is 16.6. The van der Waals surface area contributed by atoms with Crippen LogP contribution in [0.4, 0.5) is 5.69 Å². The topological polar surface area (TPSA) is 119 Å². The van der Waals surface area contributed by atoms with Gasteiger partial charge in [0.15, 0.2) is 5.75 Å². The molecule has 0 aliphatic carbocycles. The molecule has 0 unspecified atom stereocenters. The molecule has 10 heteroatoms. The number of rotatable bonds is 8. The Kier molecular flexibility index (Phi) is 8.92. The van der Waals surface area contributed by atoms with E-state index in [1.807, 2.05) is 0 Å². The van der Waals surface area contributed by atoms with E-state index in [0.29, 0.717) is 36.8 Å². The summed E-state index contributed by atoms with van der Waals surface area (Å²) in [6, 6.07) is 3.37. The van der Waals surface area contributed by atoms with Crippen molar-refractivity contribution in [3.63, 3.8) is 0 Å². The van der Waals surface area contributed by atoms with Gasteiger partial charge in [-0.2, -0.15) is 0 Å². The summed E-state index contributed by atoms with van der Waals surface area (Å²) in [5.41, 5.74) is 0.302. The summed E-state index contributed by atoms with van der Waals surface area (Å²) in [5.74, 6) is 1.03. The molecule has 0 spiro atoms. The molecule has 0 radical (unpaired) electrons. The fourth-order valence-electron chi connectivity index (χ4n) is 3.11. The van der Waals surface area contributed by atoms with Crippen molar-refractivity contribution in [2.75, 3.05) is 66.8 Å². The van der Waals surface area contributed by atoms with Gasteiger partial charge in [0.05, 0.1) is 44.0 Å². The van der Waals surface area contributed by atoms with Gasteiger partial charge in [0.25, 0.3) is 0 Å². The van der Waals surface area contributed by atoms with E-state index >= 15 is 0 Å². The number of nitro benzene ring substituents is 1. The minimum atomic E-state index is -0.447. The minimum Gasteiger partial charge on any atom is -0.489 e. The molecular formula is C18H28N4O6. The number of ether oxygens (including phenoxy) is 3. The smallest absolute Gasteiger partial charge is 0.325 e. The fraction of sp³-hybridized carbons (Fsp3) is 0.611. The number of morpholine rings is 1. The molecule has 156 valence electrons. The summed E-state index contributed by atoms with van der Waals surface area (Å²) < 4.78 is 16.4. The molecule has 0 amide bonds. The molecule has 0 atom stereocenters. The Balaban J connectivity index is 0.00000136. The van der Waals surface area contributed by atoms with Crippen molar-refractivity contribution in [1.29, 1.82) is 0 Å². The zero-order valence-electron chi connectivity index (χ0n) is 16.3. The summed E-state index contributed by atoms with van der Waals surface area (Å²) in [6.45, 7) is 6.04. The van der Waals surface area contributed by atoms with E-state index in [9.17, 15) is 10.1 Å². The highest BCUT2D eigenvalue weighted by molar-refractivity contribution is 6.04. The molecule has 1 saturated heterocycles. The molecule has 2 aliphatic rings. The zero-order valence-corrected chi connectivity index (χ0v) is 16.3. The number of hydrogen-bond donors (Lipinski definition) is 2. The standard InChI is InChI=1S/C17H24N4O5.CH4O/c1-24-16-14(26-10-2-7-20-8-11-25-12-9-20)4-3-13(15(16)21(22)23)17-18-5-6-19-17;1-2/h3-4H,2,5-12H2,1H3,(H,18,19);2H,1H3. The Morgan fingerprint density at radius 3 is 2.71 bits per heavy atom. The van der Waals surface area contributed by atoms with Crippen LogP contribution in [0.5, 0.6) is 11.5 Å². The van der Waals surface area contributed by atoms with Crippen LogP contribution in [-0.2, 0) is 4.74 Å². The number of aliphatic hydroxyl groups is 1. The molecule has 2 aliphatic heterocycles. The highest BCUT2D eigenvalue weighted by Gasteiger charge is 2.29. The lowest BCUT2D eigenvalue weighted by molar-refractivity contribution is -0.386. The molecule has 1 fully saturated rings. The van der Waals surface area contributed by atoms with Gasteiger partial charge in [-0.3, -0.25) is 20.0 Å². The van der Waals surface area contributed by atoms with E-state index in [0.717, 1.165) is 46.4 Å². The van der Waals surface area contributed by atoms with Crippen molar-refractivity contribution in [2.24, 2.45) is 4.99 Å². The second-order valence-corrected chi connectivity index (χ2v) is 6.06. The normalized spacial score (nSPS) is 16.5. The summed E-state index contributed by atoms with van der Waals surface area (Å²) in [6.07, 6.45) is 0.826. The van der Waals surface area contributed by atoms with Crippen molar-refractivity contribution in [1.82, 2.24) is 10.2 Å². The van der Waals surface area contributed by atoms with Gasteiger partial charge < -0.3 is 24.6 Å². The monoisotopic (exact) mass is 396 g/mol. The summed E-state index contributed by atoms with van der Waals surface area (Å²) in [4.78, 5) is 17.8. The zero-order chi connectivity index (χ0) is 20.4. The first-order chi connectivity index (χ1) is 13.7. The third-order valence-electron chi connectivity index (χ3n) is 4.39. The Bertz CT molecular complexity index is 676. The summed E-state index contributed by atoms with van der Waals surface area (Å²) in [5, 5.41) is 21.7. The van der Waals surface area contributed by atoms with E-state index in [1.54, 1.807) is 12.1 Å². The van der Waals surface area contributed by atoms with Crippen molar-refractivity contribution in [3.8, 4) is 11.5 Å². The van der Waals surface area contributed by atoms with Crippen LogP contribution in [0, 0.1) is 10.1 Å². The van der Waals surface area contributed by atoms with E-state index in [2.05, 4.69) is 15.2 Å². The maximum Gasteiger partial charge on any atom is 0.325 e. The van der Waals surface area contributed by atoms with E-state index < -0.39 is 4.92 Å². The third kappa shape index (κ3) is 5.54.